The molecule has 0 saturated carbocycles. The van der Waals surface area contributed by atoms with Crippen LogP contribution < -0.4 is 0 Å². The molecule has 1 aromatic carbocycles. The Labute approximate surface area is 113 Å². The molecule has 0 saturated heterocycles. The molecule has 0 atom stereocenters. The zero-order valence-electron chi connectivity index (χ0n) is 11.9. The summed E-state index contributed by atoms with van der Waals surface area (Å²) in [7, 11) is 1.82. The second kappa shape index (κ2) is 5.51. The van der Waals surface area contributed by atoms with Crippen molar-refractivity contribution in [2.24, 2.45) is 10.4 Å². The van der Waals surface area contributed by atoms with Crippen molar-refractivity contribution < 1.29 is 8.78 Å². The number of nitrogens with zero attached hydrogens (tertiary/aromatic N) is 2. The molecular formula is C15H20F2N2. The van der Waals surface area contributed by atoms with E-state index in [1.807, 2.05) is 11.9 Å². The van der Waals surface area contributed by atoms with Crippen molar-refractivity contribution in [1.29, 1.82) is 0 Å². The van der Waals surface area contributed by atoms with E-state index in [0.717, 1.165) is 12.1 Å². The fourth-order valence-corrected chi connectivity index (χ4v) is 1.97. The van der Waals surface area contributed by atoms with Gasteiger partial charge in [-0.25, -0.2) is 8.78 Å². The molecule has 0 N–H and O–H groups in total. The second-order valence-electron chi connectivity index (χ2n) is 5.80. The summed E-state index contributed by atoms with van der Waals surface area (Å²) < 4.78 is 27.1. The molecule has 0 aliphatic rings. The molecule has 1 aromatic rings. The minimum absolute atomic E-state index is 0.0377. The van der Waals surface area contributed by atoms with Crippen LogP contribution in [0.1, 0.15) is 26.3 Å². The molecule has 0 amide bonds. The number of halogens is 2. The molecule has 1 rings (SSSR count). The summed E-state index contributed by atoms with van der Waals surface area (Å²) in [5, 5.41) is 0. The van der Waals surface area contributed by atoms with Crippen LogP contribution in [0.4, 0.5) is 14.5 Å². The largest absolute Gasteiger partial charge is 0.374 e. The molecule has 0 spiro atoms. The third-order valence-electron chi connectivity index (χ3n) is 2.67. The van der Waals surface area contributed by atoms with Crippen molar-refractivity contribution in [2.45, 2.75) is 20.8 Å². The van der Waals surface area contributed by atoms with Gasteiger partial charge in [0.2, 0.25) is 0 Å². The van der Waals surface area contributed by atoms with Gasteiger partial charge < -0.3 is 4.90 Å². The maximum atomic E-state index is 13.9. The van der Waals surface area contributed by atoms with Crippen molar-refractivity contribution >= 4 is 18.1 Å². The van der Waals surface area contributed by atoms with E-state index in [-0.39, 0.29) is 16.7 Å². The molecule has 2 nitrogen and oxygen atoms in total. The van der Waals surface area contributed by atoms with E-state index < -0.39 is 11.6 Å². The highest BCUT2D eigenvalue weighted by Gasteiger charge is 2.20. The van der Waals surface area contributed by atoms with Crippen LogP contribution in [0.2, 0.25) is 0 Å². The lowest BCUT2D eigenvalue weighted by atomic mass is 9.95. The Bertz CT molecular complexity index is 502. The van der Waals surface area contributed by atoms with Crippen LogP contribution in [-0.2, 0) is 0 Å². The van der Waals surface area contributed by atoms with E-state index in [0.29, 0.717) is 12.2 Å². The first-order valence-corrected chi connectivity index (χ1v) is 6.02. The lowest BCUT2D eigenvalue weighted by molar-refractivity contribution is 0.295. The monoisotopic (exact) mass is 266 g/mol. The normalized spacial score (nSPS) is 11.3. The fourth-order valence-electron chi connectivity index (χ4n) is 1.97. The van der Waals surface area contributed by atoms with E-state index >= 15 is 0 Å². The van der Waals surface area contributed by atoms with E-state index in [4.69, 9.17) is 0 Å². The van der Waals surface area contributed by atoms with Crippen LogP contribution in [0.3, 0.4) is 0 Å². The van der Waals surface area contributed by atoms with E-state index in [9.17, 15) is 8.78 Å². The van der Waals surface area contributed by atoms with Gasteiger partial charge in [0.15, 0.2) is 0 Å². The molecule has 0 unspecified atom stereocenters. The van der Waals surface area contributed by atoms with Crippen LogP contribution in [0.25, 0.3) is 5.70 Å². The Hall–Kier alpha value is -1.71. The third kappa shape index (κ3) is 3.88. The number of rotatable bonds is 4. The summed E-state index contributed by atoms with van der Waals surface area (Å²) in [6.45, 7) is 14.1. The zero-order valence-corrected chi connectivity index (χ0v) is 11.9. The molecule has 0 bridgehead atoms. The van der Waals surface area contributed by atoms with Crippen LogP contribution in [0.15, 0.2) is 23.7 Å². The number of hydrogen-bond acceptors (Lipinski definition) is 2. The van der Waals surface area contributed by atoms with E-state index in [1.54, 1.807) is 0 Å². The lowest BCUT2D eigenvalue weighted by Crippen LogP contribution is -2.28. The summed E-state index contributed by atoms with van der Waals surface area (Å²) in [4.78, 5) is 5.51. The number of aliphatic imine (C=N–C) groups is 1. The first kappa shape index (κ1) is 15.3. The maximum Gasteiger partial charge on any atom is 0.137 e. The Morgan fingerprint density at radius 3 is 2.37 bits per heavy atom. The minimum Gasteiger partial charge on any atom is -0.374 e. The average Bonchev–Trinajstić information content (AvgIpc) is 2.24. The SMILES string of the molecule is C=Nc1cc(F)cc(F)c1C(=C)N(C)CC(C)(C)C. The maximum absolute atomic E-state index is 13.9. The Morgan fingerprint density at radius 2 is 1.89 bits per heavy atom. The van der Waals surface area contributed by atoms with Crippen LogP contribution in [0.5, 0.6) is 0 Å². The standard InChI is InChI=1S/C15H20F2N2/c1-10(19(6)9-15(2,3)4)14-12(17)7-11(16)8-13(14)18-5/h7-8H,1,5,9H2,2-4,6H3. The summed E-state index contributed by atoms with van der Waals surface area (Å²) in [6, 6.07) is 1.99. The van der Waals surface area contributed by atoms with Gasteiger partial charge in [0, 0.05) is 31.4 Å². The van der Waals surface area contributed by atoms with Gasteiger partial charge in [0.25, 0.3) is 0 Å². The van der Waals surface area contributed by atoms with Gasteiger partial charge in [-0.05, 0) is 12.1 Å². The van der Waals surface area contributed by atoms with Crippen LogP contribution in [0, 0.1) is 17.0 Å². The average molecular weight is 266 g/mol. The van der Waals surface area contributed by atoms with Gasteiger partial charge in [-0.2, -0.15) is 0 Å². The van der Waals surface area contributed by atoms with Gasteiger partial charge in [0.1, 0.15) is 11.6 Å². The molecule has 0 radical (unpaired) electrons. The van der Waals surface area contributed by atoms with E-state index in [1.165, 1.54) is 0 Å². The van der Waals surface area contributed by atoms with Crippen molar-refractivity contribution in [3.63, 3.8) is 0 Å². The Balaban J connectivity index is 3.16. The molecule has 0 aliphatic heterocycles. The van der Waals surface area contributed by atoms with Gasteiger partial charge in [-0.1, -0.05) is 27.4 Å². The quantitative estimate of drug-likeness (QED) is 0.744. The Morgan fingerprint density at radius 1 is 1.32 bits per heavy atom. The third-order valence-corrected chi connectivity index (χ3v) is 2.67. The topological polar surface area (TPSA) is 15.6 Å². The smallest absolute Gasteiger partial charge is 0.137 e. The first-order chi connectivity index (χ1) is 8.65. The van der Waals surface area contributed by atoms with Gasteiger partial charge in [0.05, 0.1) is 11.3 Å². The fraction of sp³-hybridized carbons (Fsp3) is 0.400. The summed E-state index contributed by atoms with van der Waals surface area (Å²) in [6.07, 6.45) is 0. The molecule has 104 valence electrons. The second-order valence-corrected chi connectivity index (χ2v) is 5.80. The van der Waals surface area contributed by atoms with Gasteiger partial charge in [-0.3, -0.25) is 4.99 Å². The Kier molecular flexibility index (Phi) is 4.45. The molecule has 0 heterocycles. The predicted octanol–water partition coefficient (Wildman–Crippen LogP) is 4.25. The number of hydrogen-bond donors (Lipinski definition) is 0. The van der Waals surface area contributed by atoms with Crippen molar-refractivity contribution in [3.8, 4) is 0 Å². The zero-order chi connectivity index (χ0) is 14.8. The lowest BCUT2D eigenvalue weighted by Gasteiger charge is -2.30. The molecule has 0 fully saturated rings. The molecular weight excluding hydrogens is 246 g/mol. The van der Waals surface area contributed by atoms with Crippen molar-refractivity contribution in [2.75, 3.05) is 13.6 Å². The van der Waals surface area contributed by atoms with Gasteiger partial charge in [-0.15, -0.1) is 0 Å². The highest BCUT2D eigenvalue weighted by atomic mass is 19.1. The highest BCUT2D eigenvalue weighted by Crippen LogP contribution is 2.31. The van der Waals surface area contributed by atoms with E-state index in [2.05, 4.69) is 39.1 Å². The van der Waals surface area contributed by atoms with Crippen LogP contribution in [-0.4, -0.2) is 25.2 Å². The minimum atomic E-state index is -0.673. The molecule has 0 aliphatic carbocycles. The van der Waals surface area contributed by atoms with Crippen molar-refractivity contribution in [3.05, 3.63) is 35.9 Å². The summed E-state index contributed by atoms with van der Waals surface area (Å²) in [5.74, 6) is -1.34. The predicted molar refractivity (Wildman–Crippen MR) is 76.7 cm³/mol. The molecule has 19 heavy (non-hydrogen) atoms. The summed E-state index contributed by atoms with van der Waals surface area (Å²) in [5.41, 5.74) is 0.872. The summed E-state index contributed by atoms with van der Waals surface area (Å²) >= 11 is 0. The first-order valence-electron chi connectivity index (χ1n) is 6.02. The van der Waals surface area contributed by atoms with Gasteiger partial charge >= 0.3 is 0 Å². The van der Waals surface area contributed by atoms with Crippen molar-refractivity contribution in [1.82, 2.24) is 4.90 Å². The highest BCUT2D eigenvalue weighted by molar-refractivity contribution is 5.73. The molecule has 4 heteroatoms. The molecule has 0 aromatic heterocycles. The van der Waals surface area contributed by atoms with Crippen LogP contribution >= 0.6 is 0 Å². The number of benzene rings is 1.